The summed E-state index contributed by atoms with van der Waals surface area (Å²) in [4.78, 5) is 24.2. The fourth-order valence-electron chi connectivity index (χ4n) is 1.78. The van der Waals surface area contributed by atoms with Crippen molar-refractivity contribution < 1.29 is 23.8 Å². The van der Waals surface area contributed by atoms with Gasteiger partial charge in [-0.05, 0) is 25.5 Å². The SMILES string of the molecule is CCOC(=O)c1sc(NC(=O)C2COCCO2)cc1C. The van der Waals surface area contributed by atoms with Crippen molar-refractivity contribution in [2.45, 2.75) is 20.0 Å². The van der Waals surface area contributed by atoms with Gasteiger partial charge in [0.2, 0.25) is 0 Å². The third-order valence-electron chi connectivity index (χ3n) is 2.73. The molecule has 1 aromatic rings. The lowest BCUT2D eigenvalue weighted by molar-refractivity contribution is -0.142. The second kappa shape index (κ2) is 6.83. The summed E-state index contributed by atoms with van der Waals surface area (Å²) in [5.41, 5.74) is 0.782. The molecule has 1 amide bonds. The highest BCUT2D eigenvalue weighted by Gasteiger charge is 2.24. The van der Waals surface area contributed by atoms with Crippen molar-refractivity contribution in [3.63, 3.8) is 0 Å². The van der Waals surface area contributed by atoms with Crippen LogP contribution in [-0.2, 0) is 19.0 Å². The van der Waals surface area contributed by atoms with Crippen molar-refractivity contribution in [3.05, 3.63) is 16.5 Å². The third-order valence-corrected chi connectivity index (χ3v) is 3.87. The van der Waals surface area contributed by atoms with E-state index in [-0.39, 0.29) is 18.5 Å². The smallest absolute Gasteiger partial charge is 0.348 e. The number of anilines is 1. The average molecular weight is 299 g/mol. The molecule has 0 spiro atoms. The van der Waals surface area contributed by atoms with E-state index in [1.54, 1.807) is 19.9 Å². The number of carbonyl (C=O) groups excluding carboxylic acids is 2. The number of hydrogen-bond donors (Lipinski definition) is 1. The molecule has 2 heterocycles. The first kappa shape index (κ1) is 15.0. The maximum atomic E-state index is 12.0. The molecule has 0 bridgehead atoms. The Balaban J connectivity index is 2.01. The first-order chi connectivity index (χ1) is 9.61. The molecule has 0 saturated carbocycles. The summed E-state index contributed by atoms with van der Waals surface area (Å²) in [7, 11) is 0. The van der Waals surface area contributed by atoms with E-state index in [0.717, 1.165) is 5.56 Å². The summed E-state index contributed by atoms with van der Waals surface area (Å²) >= 11 is 1.20. The van der Waals surface area contributed by atoms with Gasteiger partial charge >= 0.3 is 5.97 Å². The number of nitrogens with one attached hydrogen (secondary N) is 1. The van der Waals surface area contributed by atoms with E-state index in [0.29, 0.717) is 29.7 Å². The molecule has 2 rings (SSSR count). The molecular formula is C13H17NO5S. The topological polar surface area (TPSA) is 73.9 Å². The van der Waals surface area contributed by atoms with Crippen molar-refractivity contribution in [2.24, 2.45) is 0 Å². The molecule has 1 aliphatic rings. The van der Waals surface area contributed by atoms with Crippen LogP contribution in [0.25, 0.3) is 0 Å². The Kier molecular flexibility index (Phi) is 5.11. The van der Waals surface area contributed by atoms with Crippen LogP contribution in [-0.4, -0.2) is 44.4 Å². The van der Waals surface area contributed by atoms with Crippen LogP contribution in [0.3, 0.4) is 0 Å². The minimum Gasteiger partial charge on any atom is -0.462 e. The lowest BCUT2D eigenvalue weighted by Gasteiger charge is -2.21. The van der Waals surface area contributed by atoms with Crippen LogP contribution in [0.1, 0.15) is 22.2 Å². The molecule has 7 heteroatoms. The third kappa shape index (κ3) is 3.56. The lowest BCUT2D eigenvalue weighted by atomic mass is 10.3. The number of ether oxygens (including phenoxy) is 3. The van der Waals surface area contributed by atoms with Crippen molar-refractivity contribution >= 4 is 28.2 Å². The fourth-order valence-corrected chi connectivity index (χ4v) is 2.75. The summed E-state index contributed by atoms with van der Waals surface area (Å²) < 4.78 is 15.5. The van der Waals surface area contributed by atoms with E-state index in [2.05, 4.69) is 5.32 Å². The number of amides is 1. The van der Waals surface area contributed by atoms with Crippen LogP contribution in [0.5, 0.6) is 0 Å². The average Bonchev–Trinajstić information content (AvgIpc) is 2.81. The van der Waals surface area contributed by atoms with E-state index in [1.807, 2.05) is 0 Å². The van der Waals surface area contributed by atoms with Crippen LogP contribution >= 0.6 is 11.3 Å². The van der Waals surface area contributed by atoms with Gasteiger partial charge in [0, 0.05) is 0 Å². The van der Waals surface area contributed by atoms with Gasteiger partial charge in [-0.1, -0.05) is 0 Å². The Bertz CT molecular complexity index is 493. The highest BCUT2D eigenvalue weighted by atomic mass is 32.1. The summed E-state index contributed by atoms with van der Waals surface area (Å²) in [6, 6.07) is 1.75. The van der Waals surface area contributed by atoms with E-state index in [1.165, 1.54) is 11.3 Å². The number of carbonyl (C=O) groups is 2. The molecule has 1 atom stereocenters. The molecule has 110 valence electrons. The van der Waals surface area contributed by atoms with Gasteiger partial charge < -0.3 is 19.5 Å². The van der Waals surface area contributed by atoms with E-state index in [4.69, 9.17) is 14.2 Å². The summed E-state index contributed by atoms with van der Waals surface area (Å²) in [5, 5.41) is 3.34. The molecule has 20 heavy (non-hydrogen) atoms. The first-order valence-corrected chi connectivity index (χ1v) is 7.21. The predicted octanol–water partition coefficient (Wildman–Crippen LogP) is 1.59. The maximum absolute atomic E-state index is 12.0. The van der Waals surface area contributed by atoms with Gasteiger partial charge in [0.05, 0.1) is 31.4 Å². The van der Waals surface area contributed by atoms with Crippen molar-refractivity contribution in [1.29, 1.82) is 0 Å². The van der Waals surface area contributed by atoms with Gasteiger partial charge in [0.15, 0.2) is 6.10 Å². The molecule has 1 N–H and O–H groups in total. The number of hydrogen-bond acceptors (Lipinski definition) is 6. The number of esters is 1. The second-order valence-corrected chi connectivity index (χ2v) is 5.32. The fraction of sp³-hybridized carbons (Fsp3) is 0.538. The molecule has 0 aromatic carbocycles. The minimum absolute atomic E-state index is 0.251. The molecule has 1 fully saturated rings. The number of rotatable bonds is 4. The van der Waals surface area contributed by atoms with E-state index >= 15 is 0 Å². The van der Waals surface area contributed by atoms with Gasteiger partial charge in [-0.15, -0.1) is 11.3 Å². The number of thiophene rings is 1. The zero-order chi connectivity index (χ0) is 14.5. The van der Waals surface area contributed by atoms with E-state index in [9.17, 15) is 9.59 Å². The molecule has 6 nitrogen and oxygen atoms in total. The van der Waals surface area contributed by atoms with Crippen LogP contribution < -0.4 is 5.32 Å². The van der Waals surface area contributed by atoms with E-state index < -0.39 is 6.10 Å². The van der Waals surface area contributed by atoms with Crippen LogP contribution in [0.15, 0.2) is 6.07 Å². The van der Waals surface area contributed by atoms with Gasteiger partial charge in [-0.2, -0.15) is 0 Å². The standard InChI is InChI=1S/C13H17NO5S/c1-3-18-13(16)11-8(2)6-10(20-11)14-12(15)9-7-17-4-5-19-9/h6,9H,3-5,7H2,1-2H3,(H,14,15). The van der Waals surface area contributed by atoms with Crippen molar-refractivity contribution in [3.8, 4) is 0 Å². The molecule has 0 radical (unpaired) electrons. The summed E-state index contributed by atoms with van der Waals surface area (Å²) in [6.07, 6.45) is -0.600. The largest absolute Gasteiger partial charge is 0.462 e. The predicted molar refractivity (Wildman–Crippen MR) is 74.2 cm³/mol. The Morgan fingerprint density at radius 2 is 2.30 bits per heavy atom. The molecule has 1 aliphatic heterocycles. The Hall–Kier alpha value is -1.44. The van der Waals surface area contributed by atoms with Crippen LogP contribution in [0, 0.1) is 6.92 Å². The molecular weight excluding hydrogens is 282 g/mol. The zero-order valence-electron chi connectivity index (χ0n) is 11.4. The highest BCUT2D eigenvalue weighted by Crippen LogP contribution is 2.27. The van der Waals surface area contributed by atoms with Crippen LogP contribution in [0.4, 0.5) is 5.00 Å². The quantitative estimate of drug-likeness (QED) is 0.855. The van der Waals surface area contributed by atoms with Gasteiger partial charge in [-0.3, -0.25) is 4.79 Å². The van der Waals surface area contributed by atoms with Gasteiger partial charge in [-0.25, -0.2) is 4.79 Å². The first-order valence-electron chi connectivity index (χ1n) is 6.39. The van der Waals surface area contributed by atoms with Crippen LogP contribution in [0.2, 0.25) is 0 Å². The number of aryl methyl sites for hydroxylation is 1. The Labute approximate surface area is 121 Å². The monoisotopic (exact) mass is 299 g/mol. The normalized spacial score (nSPS) is 18.6. The van der Waals surface area contributed by atoms with Gasteiger partial charge in [0.1, 0.15) is 4.88 Å². The summed E-state index contributed by atoms with van der Waals surface area (Å²) in [5.74, 6) is -0.630. The van der Waals surface area contributed by atoms with Crippen molar-refractivity contribution in [2.75, 3.05) is 31.7 Å². The molecule has 1 saturated heterocycles. The highest BCUT2D eigenvalue weighted by molar-refractivity contribution is 7.18. The van der Waals surface area contributed by atoms with Crippen molar-refractivity contribution in [1.82, 2.24) is 0 Å². The lowest BCUT2D eigenvalue weighted by Crippen LogP contribution is -2.38. The minimum atomic E-state index is -0.600. The van der Waals surface area contributed by atoms with Gasteiger partial charge in [0.25, 0.3) is 5.91 Å². The second-order valence-electron chi connectivity index (χ2n) is 4.27. The Morgan fingerprint density at radius 3 is 2.95 bits per heavy atom. The zero-order valence-corrected chi connectivity index (χ0v) is 12.2. The summed E-state index contributed by atoms with van der Waals surface area (Å²) in [6.45, 7) is 5.05. The Morgan fingerprint density at radius 1 is 1.50 bits per heavy atom. The molecule has 1 aromatic heterocycles. The maximum Gasteiger partial charge on any atom is 0.348 e. The molecule has 1 unspecified atom stereocenters. The molecule has 0 aliphatic carbocycles.